The molecular weight excluding hydrogens is 176 g/mol. The Morgan fingerprint density at radius 1 is 1.46 bits per heavy atom. The van der Waals surface area contributed by atoms with E-state index in [0.717, 1.165) is 0 Å². The molecule has 0 spiro atoms. The van der Waals surface area contributed by atoms with Crippen LogP contribution in [0, 0.1) is 0 Å². The van der Waals surface area contributed by atoms with E-state index in [1.807, 2.05) is 0 Å². The van der Waals surface area contributed by atoms with Crippen molar-refractivity contribution in [2.75, 3.05) is 20.8 Å². The predicted molar refractivity (Wildman–Crippen MR) is 44.2 cm³/mol. The van der Waals surface area contributed by atoms with Crippen molar-refractivity contribution in [3.05, 3.63) is 0 Å². The number of ether oxygens (including phenoxy) is 3. The summed E-state index contributed by atoms with van der Waals surface area (Å²) in [4.78, 5) is 0. The molecule has 0 bridgehead atoms. The fraction of sp³-hybridized carbons (Fsp3) is 1.00. The van der Waals surface area contributed by atoms with Crippen LogP contribution in [-0.4, -0.2) is 55.1 Å². The molecule has 0 radical (unpaired) electrons. The molecule has 0 aliphatic carbocycles. The van der Waals surface area contributed by atoms with Crippen molar-refractivity contribution in [2.45, 2.75) is 31.0 Å². The van der Waals surface area contributed by atoms with Crippen molar-refractivity contribution in [3.8, 4) is 0 Å². The van der Waals surface area contributed by atoms with Gasteiger partial charge in [-0.3, -0.25) is 0 Å². The number of hydrogen-bond donors (Lipinski definition) is 2. The Morgan fingerprint density at radius 3 is 2.38 bits per heavy atom. The zero-order valence-corrected chi connectivity index (χ0v) is 8.06. The fourth-order valence-electron chi connectivity index (χ4n) is 1.53. The molecule has 0 aromatic carbocycles. The first-order chi connectivity index (χ1) is 6.10. The second-order valence-corrected chi connectivity index (χ2v) is 3.26. The maximum Gasteiger partial charge on any atom is 0.189 e. The molecule has 0 amide bonds. The summed E-state index contributed by atoms with van der Waals surface area (Å²) in [6, 6.07) is 0. The highest BCUT2D eigenvalue weighted by Gasteiger charge is 2.53. The summed E-state index contributed by atoms with van der Waals surface area (Å²) in [5.74, 6) is 0. The zero-order valence-electron chi connectivity index (χ0n) is 8.06. The molecule has 1 aliphatic heterocycles. The summed E-state index contributed by atoms with van der Waals surface area (Å²) in [5, 5.41) is 18.6. The Balaban J connectivity index is 2.80. The van der Waals surface area contributed by atoms with Crippen LogP contribution >= 0.6 is 0 Å². The quantitative estimate of drug-likeness (QED) is 0.607. The van der Waals surface area contributed by atoms with Gasteiger partial charge in [0.15, 0.2) is 6.29 Å². The molecule has 1 aliphatic rings. The molecule has 2 N–H and O–H groups in total. The Bertz CT molecular complexity index is 170. The fourth-order valence-corrected chi connectivity index (χ4v) is 1.53. The first-order valence-electron chi connectivity index (χ1n) is 4.12. The topological polar surface area (TPSA) is 68.2 Å². The third-order valence-electron chi connectivity index (χ3n) is 2.54. The molecule has 0 unspecified atom stereocenters. The molecule has 1 saturated heterocycles. The molecule has 78 valence electrons. The number of aliphatic hydroxyl groups is 2. The monoisotopic (exact) mass is 192 g/mol. The Morgan fingerprint density at radius 2 is 2.08 bits per heavy atom. The number of aliphatic hydroxyl groups excluding tert-OH is 2. The van der Waals surface area contributed by atoms with Crippen molar-refractivity contribution >= 4 is 0 Å². The molecule has 4 atom stereocenters. The van der Waals surface area contributed by atoms with E-state index < -0.39 is 24.1 Å². The minimum atomic E-state index is -0.915. The van der Waals surface area contributed by atoms with E-state index in [0.29, 0.717) is 0 Å². The van der Waals surface area contributed by atoms with Gasteiger partial charge in [0.25, 0.3) is 0 Å². The maximum atomic E-state index is 9.72. The van der Waals surface area contributed by atoms with E-state index in [1.54, 1.807) is 6.92 Å². The lowest BCUT2D eigenvalue weighted by Crippen LogP contribution is -2.48. The van der Waals surface area contributed by atoms with Gasteiger partial charge in [-0.15, -0.1) is 0 Å². The van der Waals surface area contributed by atoms with Crippen LogP contribution in [0.5, 0.6) is 0 Å². The van der Waals surface area contributed by atoms with Gasteiger partial charge in [0, 0.05) is 14.2 Å². The summed E-state index contributed by atoms with van der Waals surface area (Å²) in [5.41, 5.74) is -0.915. The molecule has 0 aromatic rings. The van der Waals surface area contributed by atoms with Crippen LogP contribution in [0.15, 0.2) is 0 Å². The maximum absolute atomic E-state index is 9.72. The van der Waals surface area contributed by atoms with Gasteiger partial charge in [0.2, 0.25) is 0 Å². The predicted octanol–water partition coefficient (Wildman–Crippen LogP) is -0.884. The number of methoxy groups -OCH3 is 2. The zero-order chi connectivity index (χ0) is 10.1. The van der Waals surface area contributed by atoms with Gasteiger partial charge in [-0.05, 0) is 6.92 Å². The third kappa shape index (κ3) is 1.58. The summed E-state index contributed by atoms with van der Waals surface area (Å²) in [6.45, 7) is 1.43. The van der Waals surface area contributed by atoms with E-state index in [1.165, 1.54) is 14.2 Å². The first kappa shape index (κ1) is 10.9. The van der Waals surface area contributed by atoms with Gasteiger partial charge in [-0.25, -0.2) is 0 Å². The summed E-state index contributed by atoms with van der Waals surface area (Å²) < 4.78 is 15.4. The third-order valence-corrected chi connectivity index (χ3v) is 2.54. The van der Waals surface area contributed by atoms with Crippen LogP contribution in [0.4, 0.5) is 0 Å². The molecule has 0 saturated carbocycles. The number of hydrogen-bond acceptors (Lipinski definition) is 5. The largest absolute Gasteiger partial charge is 0.394 e. The van der Waals surface area contributed by atoms with Crippen LogP contribution in [-0.2, 0) is 14.2 Å². The summed E-state index contributed by atoms with van der Waals surface area (Å²) >= 11 is 0. The van der Waals surface area contributed by atoms with Crippen LogP contribution in [0.2, 0.25) is 0 Å². The van der Waals surface area contributed by atoms with E-state index in [4.69, 9.17) is 19.3 Å². The second kappa shape index (κ2) is 3.89. The van der Waals surface area contributed by atoms with Crippen molar-refractivity contribution < 1.29 is 24.4 Å². The molecule has 1 rings (SSSR count). The van der Waals surface area contributed by atoms with E-state index in [2.05, 4.69) is 0 Å². The molecule has 1 fully saturated rings. The summed E-state index contributed by atoms with van der Waals surface area (Å²) in [7, 11) is 2.94. The SMILES string of the molecule is CO[C@H]1O[C@H](CO)[C@H](O)[C@]1(C)OC. The first-order valence-corrected chi connectivity index (χ1v) is 4.12. The molecular formula is C8H16O5. The molecule has 13 heavy (non-hydrogen) atoms. The minimum Gasteiger partial charge on any atom is -0.394 e. The summed E-state index contributed by atoms with van der Waals surface area (Å²) in [6.07, 6.45) is -2.17. The standard InChI is InChI=1S/C8H16O5/c1-8(12-3)6(10)5(4-9)13-7(8)11-2/h5-7,9-10H,4H2,1-3H3/t5-,6+,7+,8+/m1/s1. The van der Waals surface area contributed by atoms with Crippen LogP contribution in [0.1, 0.15) is 6.92 Å². The van der Waals surface area contributed by atoms with Gasteiger partial charge >= 0.3 is 0 Å². The Kier molecular flexibility index (Phi) is 3.26. The lowest BCUT2D eigenvalue weighted by atomic mass is 9.97. The molecule has 0 aromatic heterocycles. The minimum absolute atomic E-state index is 0.250. The average Bonchev–Trinajstić information content (AvgIpc) is 2.41. The second-order valence-electron chi connectivity index (χ2n) is 3.26. The highest BCUT2D eigenvalue weighted by atomic mass is 16.7. The highest BCUT2D eigenvalue weighted by molar-refractivity contribution is 4.98. The Labute approximate surface area is 77.2 Å². The van der Waals surface area contributed by atoms with Gasteiger partial charge in [0.1, 0.15) is 17.8 Å². The van der Waals surface area contributed by atoms with E-state index in [9.17, 15) is 5.11 Å². The smallest absolute Gasteiger partial charge is 0.189 e. The lowest BCUT2D eigenvalue weighted by Gasteiger charge is -2.29. The van der Waals surface area contributed by atoms with E-state index in [-0.39, 0.29) is 6.61 Å². The van der Waals surface area contributed by atoms with Crippen LogP contribution in [0.25, 0.3) is 0 Å². The Hall–Kier alpha value is -0.200. The van der Waals surface area contributed by atoms with Crippen molar-refractivity contribution in [2.24, 2.45) is 0 Å². The van der Waals surface area contributed by atoms with Gasteiger partial charge in [0.05, 0.1) is 6.61 Å². The van der Waals surface area contributed by atoms with Gasteiger partial charge < -0.3 is 24.4 Å². The van der Waals surface area contributed by atoms with Crippen molar-refractivity contribution in [3.63, 3.8) is 0 Å². The molecule has 5 heteroatoms. The van der Waals surface area contributed by atoms with Crippen molar-refractivity contribution in [1.29, 1.82) is 0 Å². The van der Waals surface area contributed by atoms with Crippen molar-refractivity contribution in [1.82, 2.24) is 0 Å². The average molecular weight is 192 g/mol. The highest BCUT2D eigenvalue weighted by Crippen LogP contribution is 2.33. The van der Waals surface area contributed by atoms with E-state index >= 15 is 0 Å². The van der Waals surface area contributed by atoms with Crippen LogP contribution in [0.3, 0.4) is 0 Å². The van der Waals surface area contributed by atoms with Crippen LogP contribution < -0.4 is 0 Å². The molecule has 5 nitrogen and oxygen atoms in total. The van der Waals surface area contributed by atoms with Gasteiger partial charge in [-0.1, -0.05) is 0 Å². The van der Waals surface area contributed by atoms with Gasteiger partial charge in [-0.2, -0.15) is 0 Å². The normalized spacial score (nSPS) is 45.5. The lowest BCUT2D eigenvalue weighted by molar-refractivity contribution is -0.197. The molecule has 1 heterocycles. The number of rotatable bonds is 3.